The maximum Gasteiger partial charge on any atom is 0.0847 e. The molecule has 0 unspecified atom stereocenters. The predicted octanol–water partition coefficient (Wildman–Crippen LogP) is 3.09. The van der Waals surface area contributed by atoms with E-state index in [1.807, 2.05) is 18.7 Å². The molecule has 102 valence electrons. The molecule has 0 amide bonds. The fourth-order valence-corrected chi connectivity index (χ4v) is 2.54. The number of nitrogens with zero attached hydrogens (tertiary/aromatic N) is 2. The summed E-state index contributed by atoms with van der Waals surface area (Å²) >= 11 is 6.32. The van der Waals surface area contributed by atoms with Crippen molar-refractivity contribution in [3.8, 4) is 0 Å². The highest BCUT2D eigenvalue weighted by molar-refractivity contribution is 6.31. The standard InChI is InChI=1S/C14H24ClN3/c1-10-13(15)12(18(4)17-10)9-14(2,3)7-8-16-11-5-6-11/h11,16H,5-9H2,1-4H3. The average molecular weight is 270 g/mol. The van der Waals surface area contributed by atoms with Gasteiger partial charge in [-0.2, -0.15) is 5.10 Å². The van der Waals surface area contributed by atoms with Crippen LogP contribution in [0.25, 0.3) is 0 Å². The van der Waals surface area contributed by atoms with Crippen LogP contribution in [0.1, 0.15) is 44.5 Å². The number of halogens is 1. The van der Waals surface area contributed by atoms with E-state index in [1.165, 1.54) is 19.3 Å². The van der Waals surface area contributed by atoms with Gasteiger partial charge < -0.3 is 5.32 Å². The number of aromatic nitrogens is 2. The van der Waals surface area contributed by atoms with Crippen LogP contribution in [-0.4, -0.2) is 22.4 Å². The van der Waals surface area contributed by atoms with Crippen molar-refractivity contribution in [3.63, 3.8) is 0 Å². The molecule has 1 fully saturated rings. The molecular weight excluding hydrogens is 246 g/mol. The van der Waals surface area contributed by atoms with Crippen molar-refractivity contribution in [1.82, 2.24) is 15.1 Å². The van der Waals surface area contributed by atoms with Gasteiger partial charge in [0.25, 0.3) is 0 Å². The first-order valence-corrected chi connectivity index (χ1v) is 7.18. The van der Waals surface area contributed by atoms with Gasteiger partial charge in [0.1, 0.15) is 0 Å². The molecule has 0 aromatic carbocycles. The maximum atomic E-state index is 6.32. The third kappa shape index (κ3) is 3.48. The van der Waals surface area contributed by atoms with Gasteiger partial charge >= 0.3 is 0 Å². The molecule has 0 spiro atoms. The summed E-state index contributed by atoms with van der Waals surface area (Å²) in [7, 11) is 1.98. The van der Waals surface area contributed by atoms with Crippen molar-refractivity contribution < 1.29 is 0 Å². The molecular formula is C14H24ClN3. The molecule has 2 rings (SSSR count). The zero-order valence-corrected chi connectivity index (χ0v) is 12.6. The summed E-state index contributed by atoms with van der Waals surface area (Å²) < 4.78 is 1.92. The molecule has 1 N–H and O–H groups in total. The molecule has 3 nitrogen and oxygen atoms in total. The summed E-state index contributed by atoms with van der Waals surface area (Å²) in [5.74, 6) is 0. The fourth-order valence-electron chi connectivity index (χ4n) is 2.32. The van der Waals surface area contributed by atoms with Crippen molar-refractivity contribution in [2.45, 2.75) is 52.5 Å². The molecule has 1 aliphatic carbocycles. The summed E-state index contributed by atoms with van der Waals surface area (Å²) in [5, 5.41) is 8.79. The largest absolute Gasteiger partial charge is 0.314 e. The minimum absolute atomic E-state index is 0.256. The maximum absolute atomic E-state index is 6.32. The van der Waals surface area contributed by atoms with E-state index in [9.17, 15) is 0 Å². The number of hydrogen-bond acceptors (Lipinski definition) is 2. The minimum atomic E-state index is 0.256. The molecule has 0 aliphatic heterocycles. The van der Waals surface area contributed by atoms with Gasteiger partial charge in [0, 0.05) is 13.1 Å². The number of nitrogens with one attached hydrogen (secondary N) is 1. The van der Waals surface area contributed by atoms with Gasteiger partial charge in [0.05, 0.1) is 16.4 Å². The van der Waals surface area contributed by atoms with Crippen LogP contribution in [0.15, 0.2) is 0 Å². The fraction of sp³-hybridized carbons (Fsp3) is 0.786. The van der Waals surface area contributed by atoms with Crippen LogP contribution in [0.3, 0.4) is 0 Å². The molecule has 0 bridgehead atoms. The van der Waals surface area contributed by atoms with Crippen LogP contribution < -0.4 is 5.32 Å². The Morgan fingerprint density at radius 1 is 1.44 bits per heavy atom. The van der Waals surface area contributed by atoms with Crippen molar-refractivity contribution in [2.75, 3.05) is 6.54 Å². The summed E-state index contributed by atoms with van der Waals surface area (Å²) in [6, 6.07) is 0.795. The lowest BCUT2D eigenvalue weighted by Crippen LogP contribution is -2.26. The van der Waals surface area contributed by atoms with Gasteiger partial charge in [-0.25, -0.2) is 0 Å². The molecule has 4 heteroatoms. The first kappa shape index (κ1) is 13.9. The molecule has 1 aromatic heterocycles. The van der Waals surface area contributed by atoms with Crippen molar-refractivity contribution in [2.24, 2.45) is 12.5 Å². The SMILES string of the molecule is Cc1nn(C)c(CC(C)(C)CCNC2CC2)c1Cl. The number of aryl methyl sites for hydroxylation is 2. The number of rotatable bonds is 6. The first-order chi connectivity index (χ1) is 8.39. The highest BCUT2D eigenvalue weighted by atomic mass is 35.5. The Kier molecular flexibility index (Phi) is 4.02. The Labute approximate surface area is 115 Å². The lowest BCUT2D eigenvalue weighted by molar-refractivity contribution is 0.317. The van der Waals surface area contributed by atoms with Crippen LogP contribution in [-0.2, 0) is 13.5 Å². The Bertz CT molecular complexity index is 419. The lowest BCUT2D eigenvalue weighted by Gasteiger charge is -2.25. The van der Waals surface area contributed by atoms with Crippen LogP contribution in [0, 0.1) is 12.3 Å². The van der Waals surface area contributed by atoms with Gasteiger partial charge in [-0.3, -0.25) is 4.68 Å². The van der Waals surface area contributed by atoms with E-state index < -0.39 is 0 Å². The zero-order chi connectivity index (χ0) is 13.3. The molecule has 0 atom stereocenters. The predicted molar refractivity (Wildman–Crippen MR) is 76.1 cm³/mol. The summed E-state index contributed by atoms with van der Waals surface area (Å²) in [4.78, 5) is 0. The number of hydrogen-bond donors (Lipinski definition) is 1. The molecule has 1 heterocycles. The molecule has 1 aromatic rings. The van der Waals surface area contributed by atoms with Gasteiger partial charge in [-0.05, 0) is 44.6 Å². The first-order valence-electron chi connectivity index (χ1n) is 6.80. The second-order valence-corrected chi connectivity index (χ2v) is 6.67. The van der Waals surface area contributed by atoms with E-state index in [1.54, 1.807) is 0 Å². The van der Waals surface area contributed by atoms with Gasteiger partial charge in [0.2, 0.25) is 0 Å². The second-order valence-electron chi connectivity index (χ2n) is 6.29. The Hall–Kier alpha value is -0.540. The van der Waals surface area contributed by atoms with Crippen LogP contribution in [0.2, 0.25) is 5.02 Å². The summed E-state index contributed by atoms with van der Waals surface area (Å²) in [6.07, 6.45) is 4.86. The Morgan fingerprint density at radius 3 is 2.61 bits per heavy atom. The van der Waals surface area contributed by atoms with Gasteiger partial charge in [-0.15, -0.1) is 0 Å². The van der Waals surface area contributed by atoms with E-state index >= 15 is 0 Å². The van der Waals surface area contributed by atoms with E-state index in [-0.39, 0.29) is 5.41 Å². The minimum Gasteiger partial charge on any atom is -0.314 e. The van der Waals surface area contributed by atoms with Crippen LogP contribution in [0.5, 0.6) is 0 Å². The summed E-state index contributed by atoms with van der Waals surface area (Å²) in [6.45, 7) is 7.68. The van der Waals surface area contributed by atoms with E-state index in [0.29, 0.717) is 0 Å². The van der Waals surface area contributed by atoms with E-state index in [2.05, 4.69) is 24.3 Å². The van der Waals surface area contributed by atoms with Crippen molar-refractivity contribution in [3.05, 3.63) is 16.4 Å². The average Bonchev–Trinajstić information content (AvgIpc) is 3.04. The quantitative estimate of drug-likeness (QED) is 0.860. The van der Waals surface area contributed by atoms with Crippen LogP contribution >= 0.6 is 11.6 Å². The van der Waals surface area contributed by atoms with Crippen LogP contribution in [0.4, 0.5) is 0 Å². The van der Waals surface area contributed by atoms with Crippen molar-refractivity contribution >= 4 is 11.6 Å². The van der Waals surface area contributed by atoms with Crippen molar-refractivity contribution in [1.29, 1.82) is 0 Å². The Balaban J connectivity index is 1.92. The normalized spacial score (nSPS) is 16.3. The monoisotopic (exact) mass is 269 g/mol. The topological polar surface area (TPSA) is 29.9 Å². The molecule has 0 saturated heterocycles. The summed E-state index contributed by atoms with van der Waals surface area (Å²) in [5.41, 5.74) is 2.35. The molecule has 0 radical (unpaired) electrons. The van der Waals surface area contributed by atoms with Gasteiger partial charge in [0.15, 0.2) is 0 Å². The van der Waals surface area contributed by atoms with E-state index in [0.717, 1.165) is 35.4 Å². The second kappa shape index (κ2) is 5.22. The molecule has 1 saturated carbocycles. The smallest absolute Gasteiger partial charge is 0.0847 e. The highest BCUT2D eigenvalue weighted by Crippen LogP contribution is 2.30. The third-order valence-corrected chi connectivity index (χ3v) is 4.21. The van der Waals surface area contributed by atoms with Gasteiger partial charge in [-0.1, -0.05) is 25.4 Å². The molecule has 18 heavy (non-hydrogen) atoms. The zero-order valence-electron chi connectivity index (χ0n) is 11.9. The lowest BCUT2D eigenvalue weighted by atomic mass is 9.84. The third-order valence-electron chi connectivity index (χ3n) is 3.72. The Morgan fingerprint density at radius 2 is 2.11 bits per heavy atom. The highest BCUT2D eigenvalue weighted by Gasteiger charge is 2.25. The van der Waals surface area contributed by atoms with E-state index in [4.69, 9.17) is 11.6 Å². The molecule has 1 aliphatic rings.